The highest BCUT2D eigenvalue weighted by molar-refractivity contribution is 6.31. The van der Waals surface area contributed by atoms with Crippen LogP contribution in [0.5, 0.6) is 0 Å². The van der Waals surface area contributed by atoms with E-state index in [9.17, 15) is 4.79 Å². The fourth-order valence-electron chi connectivity index (χ4n) is 3.04. The number of hydrogen-bond acceptors (Lipinski definition) is 1. The molecule has 1 aromatic heterocycles. The van der Waals surface area contributed by atoms with Crippen molar-refractivity contribution in [3.63, 3.8) is 0 Å². The van der Waals surface area contributed by atoms with E-state index in [0.29, 0.717) is 11.6 Å². The van der Waals surface area contributed by atoms with E-state index in [1.54, 1.807) is 0 Å². The molecule has 0 N–H and O–H groups in total. The Balaban J connectivity index is 2.09. The molecule has 112 valence electrons. The second-order valence-corrected chi connectivity index (χ2v) is 6.02. The highest BCUT2D eigenvalue weighted by Gasteiger charge is 2.11. The number of benzene rings is 3. The SMILES string of the molecule is O=c1c2ccccc2c2cc(Cl)ccc2n1Cc1ccccc1. The van der Waals surface area contributed by atoms with Gasteiger partial charge in [-0.2, -0.15) is 0 Å². The summed E-state index contributed by atoms with van der Waals surface area (Å²) in [6.45, 7) is 0.544. The van der Waals surface area contributed by atoms with Crippen molar-refractivity contribution in [1.29, 1.82) is 0 Å². The number of aromatic nitrogens is 1. The van der Waals surface area contributed by atoms with Crippen molar-refractivity contribution in [2.24, 2.45) is 0 Å². The molecule has 0 bridgehead atoms. The Kier molecular flexibility index (Phi) is 3.40. The fraction of sp³-hybridized carbons (Fsp3) is 0.0500. The Hall–Kier alpha value is -2.58. The van der Waals surface area contributed by atoms with Gasteiger partial charge in [0.25, 0.3) is 5.56 Å². The molecule has 23 heavy (non-hydrogen) atoms. The predicted octanol–water partition coefficient (Wildman–Crippen LogP) is 4.86. The van der Waals surface area contributed by atoms with Crippen LogP contribution < -0.4 is 5.56 Å². The summed E-state index contributed by atoms with van der Waals surface area (Å²) in [6.07, 6.45) is 0. The highest BCUT2D eigenvalue weighted by atomic mass is 35.5. The quantitative estimate of drug-likeness (QED) is 0.484. The lowest BCUT2D eigenvalue weighted by Gasteiger charge is -2.13. The third-order valence-electron chi connectivity index (χ3n) is 4.13. The Labute approximate surface area is 138 Å². The lowest BCUT2D eigenvalue weighted by atomic mass is 10.1. The Morgan fingerprint density at radius 3 is 2.26 bits per heavy atom. The van der Waals surface area contributed by atoms with Crippen LogP contribution in [0.2, 0.25) is 5.02 Å². The minimum atomic E-state index is 0.0271. The second-order valence-electron chi connectivity index (χ2n) is 5.58. The first-order valence-electron chi connectivity index (χ1n) is 7.49. The van der Waals surface area contributed by atoms with Crippen LogP contribution in [0.3, 0.4) is 0 Å². The summed E-state index contributed by atoms with van der Waals surface area (Å²) in [5.41, 5.74) is 2.03. The first-order chi connectivity index (χ1) is 11.2. The molecule has 4 rings (SSSR count). The predicted molar refractivity (Wildman–Crippen MR) is 96.3 cm³/mol. The monoisotopic (exact) mass is 319 g/mol. The van der Waals surface area contributed by atoms with E-state index in [-0.39, 0.29) is 5.56 Å². The maximum absolute atomic E-state index is 13.0. The molecule has 2 nitrogen and oxygen atoms in total. The summed E-state index contributed by atoms with van der Waals surface area (Å²) in [5.74, 6) is 0. The van der Waals surface area contributed by atoms with Gasteiger partial charge in [-0.05, 0) is 35.2 Å². The van der Waals surface area contributed by atoms with Crippen molar-refractivity contribution in [3.05, 3.63) is 93.7 Å². The van der Waals surface area contributed by atoms with Crippen molar-refractivity contribution in [1.82, 2.24) is 4.57 Å². The summed E-state index contributed by atoms with van der Waals surface area (Å²) in [7, 11) is 0. The van der Waals surface area contributed by atoms with Gasteiger partial charge in [-0.25, -0.2) is 0 Å². The van der Waals surface area contributed by atoms with E-state index in [0.717, 1.165) is 27.2 Å². The topological polar surface area (TPSA) is 22.0 Å². The smallest absolute Gasteiger partial charge is 0.259 e. The molecule has 0 amide bonds. The normalized spacial score (nSPS) is 11.2. The van der Waals surface area contributed by atoms with E-state index in [1.165, 1.54) is 0 Å². The zero-order valence-electron chi connectivity index (χ0n) is 12.4. The van der Waals surface area contributed by atoms with Crippen LogP contribution in [0.25, 0.3) is 21.7 Å². The third-order valence-corrected chi connectivity index (χ3v) is 4.36. The van der Waals surface area contributed by atoms with Crippen LogP contribution in [-0.2, 0) is 6.54 Å². The molecule has 0 radical (unpaired) electrons. The number of rotatable bonds is 2. The molecule has 3 aromatic carbocycles. The molecule has 1 heterocycles. The van der Waals surface area contributed by atoms with E-state index >= 15 is 0 Å². The van der Waals surface area contributed by atoms with Crippen molar-refractivity contribution in [3.8, 4) is 0 Å². The molecular formula is C20H14ClNO. The summed E-state index contributed by atoms with van der Waals surface area (Å²) < 4.78 is 1.82. The molecule has 0 unspecified atom stereocenters. The molecule has 0 aliphatic rings. The van der Waals surface area contributed by atoms with E-state index < -0.39 is 0 Å². The average Bonchev–Trinajstić information content (AvgIpc) is 2.59. The fourth-order valence-corrected chi connectivity index (χ4v) is 3.21. The standard InChI is InChI=1S/C20H14ClNO/c21-15-10-11-19-18(12-15)16-8-4-5-9-17(16)20(23)22(19)13-14-6-2-1-3-7-14/h1-12H,13H2. The molecule has 0 atom stereocenters. The number of pyridine rings is 1. The molecule has 0 saturated carbocycles. The van der Waals surface area contributed by atoms with Gasteiger partial charge < -0.3 is 4.57 Å². The molecular weight excluding hydrogens is 306 g/mol. The van der Waals surface area contributed by atoms with E-state index in [2.05, 4.69) is 0 Å². The zero-order valence-corrected chi connectivity index (χ0v) is 13.1. The summed E-state index contributed by atoms with van der Waals surface area (Å²) in [6, 6.07) is 23.4. The number of halogens is 1. The minimum Gasteiger partial charge on any atom is -0.303 e. The lowest BCUT2D eigenvalue weighted by molar-refractivity contribution is 0.802. The molecule has 0 aliphatic heterocycles. The maximum atomic E-state index is 13.0. The summed E-state index contributed by atoms with van der Waals surface area (Å²) >= 11 is 6.18. The zero-order chi connectivity index (χ0) is 15.8. The van der Waals surface area contributed by atoms with E-state index in [4.69, 9.17) is 11.6 Å². The number of hydrogen-bond donors (Lipinski definition) is 0. The van der Waals surface area contributed by atoms with E-state index in [1.807, 2.05) is 77.4 Å². The van der Waals surface area contributed by atoms with Crippen LogP contribution in [0.15, 0.2) is 77.6 Å². The third kappa shape index (κ3) is 2.41. The first-order valence-corrected chi connectivity index (χ1v) is 7.86. The van der Waals surface area contributed by atoms with Gasteiger partial charge in [0.05, 0.1) is 12.1 Å². The average molecular weight is 320 g/mol. The van der Waals surface area contributed by atoms with Gasteiger partial charge in [0, 0.05) is 15.8 Å². The van der Waals surface area contributed by atoms with Gasteiger partial charge in [-0.3, -0.25) is 4.79 Å². The molecule has 3 heteroatoms. The number of nitrogens with zero attached hydrogens (tertiary/aromatic N) is 1. The Bertz CT molecular complexity index is 1070. The van der Waals surface area contributed by atoms with Crippen molar-refractivity contribution < 1.29 is 0 Å². The molecule has 0 aliphatic carbocycles. The van der Waals surface area contributed by atoms with Gasteiger partial charge in [0.15, 0.2) is 0 Å². The molecule has 0 saturated heterocycles. The van der Waals surface area contributed by atoms with Crippen LogP contribution >= 0.6 is 11.6 Å². The van der Waals surface area contributed by atoms with Crippen LogP contribution in [0, 0.1) is 0 Å². The maximum Gasteiger partial charge on any atom is 0.259 e. The Morgan fingerprint density at radius 1 is 0.783 bits per heavy atom. The lowest BCUT2D eigenvalue weighted by Crippen LogP contribution is -2.21. The van der Waals surface area contributed by atoms with Crippen LogP contribution in [0.1, 0.15) is 5.56 Å². The van der Waals surface area contributed by atoms with Gasteiger partial charge >= 0.3 is 0 Å². The molecule has 0 spiro atoms. The summed E-state index contributed by atoms with van der Waals surface area (Å²) in [5, 5.41) is 3.34. The highest BCUT2D eigenvalue weighted by Crippen LogP contribution is 2.26. The van der Waals surface area contributed by atoms with Crippen molar-refractivity contribution >= 4 is 33.3 Å². The van der Waals surface area contributed by atoms with Gasteiger partial charge in [-0.1, -0.05) is 60.1 Å². The van der Waals surface area contributed by atoms with Crippen molar-refractivity contribution in [2.75, 3.05) is 0 Å². The summed E-state index contributed by atoms with van der Waals surface area (Å²) in [4.78, 5) is 13.0. The van der Waals surface area contributed by atoms with Gasteiger partial charge in [-0.15, -0.1) is 0 Å². The minimum absolute atomic E-state index is 0.0271. The van der Waals surface area contributed by atoms with Crippen LogP contribution in [0.4, 0.5) is 0 Å². The van der Waals surface area contributed by atoms with Crippen molar-refractivity contribution in [2.45, 2.75) is 6.54 Å². The molecule has 4 aromatic rings. The largest absolute Gasteiger partial charge is 0.303 e. The van der Waals surface area contributed by atoms with Gasteiger partial charge in [0.1, 0.15) is 0 Å². The number of fused-ring (bicyclic) bond motifs is 3. The van der Waals surface area contributed by atoms with Gasteiger partial charge in [0.2, 0.25) is 0 Å². The van der Waals surface area contributed by atoms with Crippen LogP contribution in [-0.4, -0.2) is 4.57 Å². The Morgan fingerprint density at radius 2 is 1.48 bits per heavy atom. The second kappa shape index (κ2) is 5.56. The molecule has 0 fully saturated rings. The first kappa shape index (κ1) is 14.0.